The van der Waals surface area contributed by atoms with Gasteiger partial charge >= 0.3 is 0 Å². The Morgan fingerprint density at radius 2 is 2.15 bits per heavy atom. The summed E-state index contributed by atoms with van der Waals surface area (Å²) in [4.78, 5) is 26.1. The van der Waals surface area contributed by atoms with Crippen molar-refractivity contribution in [2.45, 2.75) is 18.9 Å². The summed E-state index contributed by atoms with van der Waals surface area (Å²) in [6, 6.07) is 8.13. The number of amides is 1. The van der Waals surface area contributed by atoms with E-state index in [1.165, 1.54) is 5.39 Å². The third kappa shape index (κ3) is 3.25. The van der Waals surface area contributed by atoms with Crippen LogP contribution in [0.1, 0.15) is 23.8 Å². The van der Waals surface area contributed by atoms with Crippen molar-refractivity contribution in [2.24, 2.45) is 0 Å². The fourth-order valence-electron chi connectivity index (χ4n) is 3.39. The van der Waals surface area contributed by atoms with Crippen LogP contribution < -0.4 is 5.73 Å². The van der Waals surface area contributed by atoms with Gasteiger partial charge in [-0.05, 0) is 18.1 Å². The Bertz CT molecular complexity index is 923. The van der Waals surface area contributed by atoms with Crippen molar-refractivity contribution in [3.05, 3.63) is 54.1 Å². The first-order chi connectivity index (χ1) is 12.7. The van der Waals surface area contributed by atoms with Crippen molar-refractivity contribution in [1.29, 1.82) is 0 Å². The summed E-state index contributed by atoms with van der Waals surface area (Å²) >= 11 is 0. The lowest BCUT2D eigenvalue weighted by molar-refractivity contribution is -0.139. The SMILES string of the molecule is Nc1nccnc1[C@@H]1CN(C(=O)CCc2c[nH]c3ccccc23)CCO1. The number of hydrogen-bond acceptors (Lipinski definition) is 5. The Balaban J connectivity index is 1.41. The number of anilines is 1. The van der Waals surface area contributed by atoms with Gasteiger partial charge in [0.2, 0.25) is 5.91 Å². The summed E-state index contributed by atoms with van der Waals surface area (Å²) in [5.41, 5.74) is 8.75. The number of nitrogens with two attached hydrogens (primary N) is 1. The second kappa shape index (κ2) is 7.13. The van der Waals surface area contributed by atoms with Gasteiger partial charge in [-0.1, -0.05) is 18.2 Å². The number of nitrogens with one attached hydrogen (secondary N) is 1. The number of benzene rings is 1. The molecule has 3 N–H and O–H groups in total. The quantitative estimate of drug-likeness (QED) is 0.750. The highest BCUT2D eigenvalue weighted by molar-refractivity contribution is 5.84. The molecule has 134 valence electrons. The van der Waals surface area contributed by atoms with E-state index in [0.717, 1.165) is 11.1 Å². The molecule has 0 radical (unpaired) electrons. The zero-order chi connectivity index (χ0) is 17.9. The van der Waals surface area contributed by atoms with Gasteiger partial charge in [-0.2, -0.15) is 0 Å². The number of hydrogen-bond donors (Lipinski definition) is 2. The number of ether oxygens (including phenoxy) is 1. The molecule has 1 atom stereocenters. The topological polar surface area (TPSA) is 97.1 Å². The number of morpholine rings is 1. The van der Waals surface area contributed by atoms with Gasteiger partial charge in [0.05, 0.1) is 13.2 Å². The standard InChI is InChI=1S/C19H21N5O2/c20-19-18(21-7-8-22-19)16-12-24(9-10-26-16)17(25)6-5-13-11-23-15-4-2-1-3-14(13)15/h1-4,7-8,11,16,23H,5-6,9-10,12H2,(H2,20,22)/t16-/m0/s1. The Kier molecular flexibility index (Phi) is 4.53. The van der Waals surface area contributed by atoms with Gasteiger partial charge in [0.15, 0.2) is 0 Å². The second-order valence-electron chi connectivity index (χ2n) is 6.39. The summed E-state index contributed by atoms with van der Waals surface area (Å²) in [6.45, 7) is 1.51. The van der Waals surface area contributed by atoms with E-state index in [1.807, 2.05) is 29.3 Å². The van der Waals surface area contributed by atoms with E-state index in [0.29, 0.717) is 44.0 Å². The van der Waals surface area contributed by atoms with E-state index in [-0.39, 0.29) is 12.0 Å². The number of aromatic amines is 1. The lowest BCUT2D eigenvalue weighted by Crippen LogP contribution is -2.42. The highest BCUT2D eigenvalue weighted by atomic mass is 16.5. The van der Waals surface area contributed by atoms with Gasteiger partial charge in [0, 0.05) is 42.5 Å². The lowest BCUT2D eigenvalue weighted by atomic mass is 10.1. The molecule has 7 heteroatoms. The number of aryl methyl sites for hydroxylation is 1. The minimum Gasteiger partial charge on any atom is -0.382 e. The molecule has 7 nitrogen and oxygen atoms in total. The molecule has 0 aliphatic carbocycles. The van der Waals surface area contributed by atoms with Gasteiger partial charge in [-0.25, -0.2) is 4.98 Å². The average Bonchev–Trinajstić information content (AvgIpc) is 3.10. The molecule has 4 rings (SSSR count). The number of aromatic nitrogens is 3. The molecule has 3 aromatic rings. The molecule has 26 heavy (non-hydrogen) atoms. The largest absolute Gasteiger partial charge is 0.382 e. The van der Waals surface area contributed by atoms with Crippen LogP contribution in [0.5, 0.6) is 0 Å². The van der Waals surface area contributed by atoms with E-state index in [2.05, 4.69) is 21.0 Å². The van der Waals surface area contributed by atoms with Gasteiger partial charge in [0.1, 0.15) is 17.6 Å². The second-order valence-corrected chi connectivity index (χ2v) is 6.39. The normalized spacial score (nSPS) is 17.5. The van der Waals surface area contributed by atoms with Gasteiger partial charge < -0.3 is 20.4 Å². The zero-order valence-corrected chi connectivity index (χ0v) is 14.4. The molecule has 0 unspecified atom stereocenters. The lowest BCUT2D eigenvalue weighted by Gasteiger charge is -2.33. The van der Waals surface area contributed by atoms with Crippen LogP contribution in [0.25, 0.3) is 10.9 Å². The van der Waals surface area contributed by atoms with Crippen molar-refractivity contribution in [3.63, 3.8) is 0 Å². The summed E-state index contributed by atoms with van der Waals surface area (Å²) in [7, 11) is 0. The molecular weight excluding hydrogens is 330 g/mol. The fraction of sp³-hybridized carbons (Fsp3) is 0.316. The van der Waals surface area contributed by atoms with Gasteiger partial charge in [-0.3, -0.25) is 9.78 Å². The van der Waals surface area contributed by atoms with Crippen molar-refractivity contribution in [2.75, 3.05) is 25.4 Å². The smallest absolute Gasteiger partial charge is 0.223 e. The predicted molar refractivity (Wildman–Crippen MR) is 98.3 cm³/mol. The van der Waals surface area contributed by atoms with E-state index in [4.69, 9.17) is 10.5 Å². The van der Waals surface area contributed by atoms with Crippen LogP contribution in [-0.4, -0.2) is 45.5 Å². The van der Waals surface area contributed by atoms with Crippen LogP contribution >= 0.6 is 0 Å². The highest BCUT2D eigenvalue weighted by Crippen LogP contribution is 2.24. The number of carbonyl (C=O) groups is 1. The third-order valence-corrected chi connectivity index (χ3v) is 4.76. The Hall–Kier alpha value is -2.93. The first-order valence-corrected chi connectivity index (χ1v) is 8.73. The van der Waals surface area contributed by atoms with E-state index in [1.54, 1.807) is 12.4 Å². The monoisotopic (exact) mass is 351 g/mol. The Morgan fingerprint density at radius 3 is 3.04 bits per heavy atom. The van der Waals surface area contributed by atoms with Gasteiger partial charge in [0.25, 0.3) is 0 Å². The molecule has 1 aliphatic rings. The van der Waals surface area contributed by atoms with Crippen molar-refractivity contribution < 1.29 is 9.53 Å². The molecule has 0 bridgehead atoms. The van der Waals surface area contributed by atoms with Crippen molar-refractivity contribution >= 4 is 22.6 Å². The number of H-pyrrole nitrogens is 1. The predicted octanol–water partition coefficient (Wildman–Crippen LogP) is 2.07. The van der Waals surface area contributed by atoms with Crippen molar-refractivity contribution in [3.8, 4) is 0 Å². The molecule has 1 aliphatic heterocycles. The summed E-state index contributed by atoms with van der Waals surface area (Å²) < 4.78 is 5.75. The Morgan fingerprint density at radius 1 is 1.31 bits per heavy atom. The van der Waals surface area contributed by atoms with Crippen molar-refractivity contribution in [1.82, 2.24) is 19.9 Å². The maximum atomic E-state index is 12.7. The van der Waals surface area contributed by atoms with Crippen LogP contribution in [0.3, 0.4) is 0 Å². The van der Waals surface area contributed by atoms with Gasteiger partial charge in [-0.15, -0.1) is 0 Å². The maximum Gasteiger partial charge on any atom is 0.223 e. The zero-order valence-electron chi connectivity index (χ0n) is 14.4. The number of fused-ring (bicyclic) bond motifs is 1. The molecule has 1 amide bonds. The van der Waals surface area contributed by atoms with Crippen LogP contribution in [0, 0.1) is 0 Å². The molecule has 3 heterocycles. The summed E-state index contributed by atoms with van der Waals surface area (Å²) in [5, 5.41) is 1.17. The molecule has 0 saturated carbocycles. The van der Waals surface area contributed by atoms with E-state index in [9.17, 15) is 4.79 Å². The van der Waals surface area contributed by atoms with Crippen LogP contribution in [0.2, 0.25) is 0 Å². The average molecular weight is 351 g/mol. The molecule has 1 aromatic carbocycles. The minimum absolute atomic E-state index is 0.117. The van der Waals surface area contributed by atoms with Crippen LogP contribution in [0.4, 0.5) is 5.82 Å². The van der Waals surface area contributed by atoms with E-state index < -0.39 is 0 Å². The van der Waals surface area contributed by atoms with E-state index >= 15 is 0 Å². The number of nitrogens with zero attached hydrogens (tertiary/aromatic N) is 3. The minimum atomic E-state index is -0.325. The molecule has 1 saturated heterocycles. The summed E-state index contributed by atoms with van der Waals surface area (Å²) in [6.07, 6.45) is 5.97. The maximum absolute atomic E-state index is 12.7. The van der Waals surface area contributed by atoms with Crippen LogP contribution in [0.15, 0.2) is 42.9 Å². The number of nitrogen functional groups attached to an aromatic ring is 1. The number of rotatable bonds is 4. The number of para-hydroxylation sites is 1. The molecular formula is C19H21N5O2. The highest BCUT2D eigenvalue weighted by Gasteiger charge is 2.27. The first-order valence-electron chi connectivity index (χ1n) is 8.73. The first kappa shape index (κ1) is 16.5. The Labute approximate surface area is 151 Å². The molecule has 2 aromatic heterocycles. The third-order valence-electron chi connectivity index (χ3n) is 4.76. The van der Waals surface area contributed by atoms with Crippen LogP contribution in [-0.2, 0) is 16.0 Å². The molecule has 1 fully saturated rings. The molecule has 0 spiro atoms. The summed E-state index contributed by atoms with van der Waals surface area (Å²) in [5.74, 6) is 0.469. The fourth-order valence-corrected chi connectivity index (χ4v) is 3.39. The number of carbonyl (C=O) groups excluding carboxylic acids is 1.